The molecule has 67 valence electrons. The number of pyridine rings is 1. The molecule has 0 bridgehead atoms. The highest BCUT2D eigenvalue weighted by molar-refractivity contribution is 5.38. The van der Waals surface area contributed by atoms with Gasteiger partial charge in [-0.1, -0.05) is 13.3 Å². The molecule has 3 nitrogen and oxygen atoms in total. The van der Waals surface area contributed by atoms with Crippen molar-refractivity contribution in [3.63, 3.8) is 0 Å². The zero-order valence-corrected chi connectivity index (χ0v) is 7.45. The van der Waals surface area contributed by atoms with Crippen LogP contribution in [0.2, 0.25) is 0 Å². The Bertz CT molecular complexity index is 284. The maximum absolute atomic E-state index is 8.52. The molecule has 0 aliphatic rings. The molecule has 0 aromatic carbocycles. The zero-order valence-electron chi connectivity index (χ0n) is 7.45. The molecule has 1 aromatic heterocycles. The van der Waals surface area contributed by atoms with Crippen molar-refractivity contribution in [2.45, 2.75) is 12.8 Å². The summed E-state index contributed by atoms with van der Waals surface area (Å²) in [4.78, 5) is 4.07. The fourth-order valence-corrected chi connectivity index (χ4v) is 0.906. The Morgan fingerprint density at radius 3 is 2.92 bits per heavy atom. The van der Waals surface area contributed by atoms with Gasteiger partial charge in [-0.15, -0.1) is 0 Å². The molecule has 1 rings (SSSR count). The Balaban J connectivity index is 2.46. The Kier molecular flexibility index (Phi) is 3.77. The van der Waals surface area contributed by atoms with Crippen LogP contribution >= 0.6 is 0 Å². The molecule has 0 unspecified atom stereocenters. The first-order valence-corrected chi connectivity index (χ1v) is 4.26. The lowest BCUT2D eigenvalue weighted by Crippen LogP contribution is -2.02. The van der Waals surface area contributed by atoms with E-state index in [-0.39, 0.29) is 0 Å². The molecule has 0 spiro atoms. The van der Waals surface area contributed by atoms with Gasteiger partial charge in [-0.2, -0.15) is 5.26 Å². The smallest absolute Gasteiger partial charge is 0.125 e. The quantitative estimate of drug-likeness (QED) is 0.710. The molecular weight excluding hydrogens is 162 g/mol. The minimum atomic E-state index is 0.586. The standard InChI is InChI=1S/C10H12N3/c1-2-3-6-12-10-5-4-9(7-11)8-13-10/h4-5,8H,1-3,6H2,(H,12,13). The topological polar surface area (TPSA) is 48.7 Å². The van der Waals surface area contributed by atoms with Gasteiger partial charge in [0.15, 0.2) is 0 Å². The Morgan fingerprint density at radius 2 is 2.38 bits per heavy atom. The van der Waals surface area contributed by atoms with Crippen LogP contribution in [0.5, 0.6) is 0 Å². The van der Waals surface area contributed by atoms with Crippen LogP contribution in [0.1, 0.15) is 18.4 Å². The molecule has 1 radical (unpaired) electrons. The number of nitrogens with one attached hydrogen (secondary N) is 1. The van der Waals surface area contributed by atoms with Gasteiger partial charge < -0.3 is 5.32 Å². The van der Waals surface area contributed by atoms with Crippen LogP contribution < -0.4 is 5.32 Å². The third-order valence-electron chi connectivity index (χ3n) is 1.63. The van der Waals surface area contributed by atoms with Crippen molar-refractivity contribution in [2.24, 2.45) is 0 Å². The number of anilines is 1. The lowest BCUT2D eigenvalue weighted by molar-refractivity contribution is 0.882. The van der Waals surface area contributed by atoms with Crippen LogP contribution in [0.25, 0.3) is 0 Å². The molecule has 0 fully saturated rings. The molecule has 3 heteroatoms. The fraction of sp³-hybridized carbons (Fsp3) is 0.300. The first kappa shape index (κ1) is 9.53. The molecule has 1 N–H and O–H groups in total. The summed E-state index contributed by atoms with van der Waals surface area (Å²) in [6.07, 6.45) is 3.51. The van der Waals surface area contributed by atoms with E-state index in [2.05, 4.69) is 17.2 Å². The van der Waals surface area contributed by atoms with Crippen LogP contribution in [0, 0.1) is 18.3 Å². The van der Waals surface area contributed by atoms with Crippen molar-refractivity contribution in [3.05, 3.63) is 30.8 Å². The molecule has 13 heavy (non-hydrogen) atoms. The highest BCUT2D eigenvalue weighted by Crippen LogP contribution is 2.03. The Morgan fingerprint density at radius 1 is 1.54 bits per heavy atom. The highest BCUT2D eigenvalue weighted by atomic mass is 15.0. The van der Waals surface area contributed by atoms with E-state index < -0.39 is 0 Å². The number of nitriles is 1. The second-order valence-corrected chi connectivity index (χ2v) is 2.68. The van der Waals surface area contributed by atoms with Gasteiger partial charge >= 0.3 is 0 Å². The number of hydrogen-bond acceptors (Lipinski definition) is 3. The van der Waals surface area contributed by atoms with Gasteiger partial charge in [-0.3, -0.25) is 0 Å². The minimum absolute atomic E-state index is 0.586. The fourth-order valence-electron chi connectivity index (χ4n) is 0.906. The summed E-state index contributed by atoms with van der Waals surface area (Å²) < 4.78 is 0. The molecule has 0 amide bonds. The summed E-state index contributed by atoms with van der Waals surface area (Å²) in [6.45, 7) is 4.62. The van der Waals surface area contributed by atoms with E-state index in [4.69, 9.17) is 5.26 Å². The number of unbranched alkanes of at least 4 members (excludes halogenated alkanes) is 1. The number of nitrogens with zero attached hydrogens (tertiary/aromatic N) is 2. The molecule has 0 atom stereocenters. The largest absolute Gasteiger partial charge is 0.370 e. The SMILES string of the molecule is [CH2]CCCNc1ccc(C#N)cn1. The van der Waals surface area contributed by atoms with Crippen molar-refractivity contribution < 1.29 is 0 Å². The van der Waals surface area contributed by atoms with Crippen molar-refractivity contribution in [2.75, 3.05) is 11.9 Å². The van der Waals surface area contributed by atoms with Gasteiger partial charge in [0.1, 0.15) is 11.9 Å². The highest BCUT2D eigenvalue weighted by Gasteiger charge is 1.92. The molecule has 0 aliphatic heterocycles. The summed E-state index contributed by atoms with van der Waals surface area (Å²) in [5, 5.41) is 11.7. The lowest BCUT2D eigenvalue weighted by Gasteiger charge is -2.02. The summed E-state index contributed by atoms with van der Waals surface area (Å²) in [5.74, 6) is 0.812. The van der Waals surface area contributed by atoms with Crippen molar-refractivity contribution in [1.82, 2.24) is 4.98 Å². The van der Waals surface area contributed by atoms with Gasteiger partial charge in [0.2, 0.25) is 0 Å². The molecule has 0 aliphatic carbocycles. The second kappa shape index (κ2) is 5.15. The third-order valence-corrected chi connectivity index (χ3v) is 1.63. The molecule has 0 saturated heterocycles. The Hall–Kier alpha value is -1.56. The van der Waals surface area contributed by atoms with Crippen molar-refractivity contribution >= 4 is 5.82 Å². The van der Waals surface area contributed by atoms with Crippen LogP contribution in [0.3, 0.4) is 0 Å². The average molecular weight is 174 g/mol. The maximum atomic E-state index is 8.52. The van der Waals surface area contributed by atoms with Crippen LogP contribution in [0.4, 0.5) is 5.82 Å². The van der Waals surface area contributed by atoms with Crippen molar-refractivity contribution in [3.8, 4) is 6.07 Å². The Labute approximate surface area is 78.4 Å². The predicted octanol–water partition coefficient (Wildman–Crippen LogP) is 1.98. The van der Waals surface area contributed by atoms with Gasteiger partial charge in [0.05, 0.1) is 5.56 Å². The number of aromatic nitrogens is 1. The third kappa shape index (κ3) is 3.12. The van der Waals surface area contributed by atoms with E-state index in [1.54, 1.807) is 12.3 Å². The molecule has 1 heterocycles. The average Bonchev–Trinajstić information content (AvgIpc) is 2.19. The lowest BCUT2D eigenvalue weighted by atomic mass is 10.3. The van der Waals surface area contributed by atoms with E-state index >= 15 is 0 Å². The van der Waals surface area contributed by atoms with Gasteiger partial charge in [0, 0.05) is 12.7 Å². The van der Waals surface area contributed by atoms with Gasteiger partial charge in [-0.05, 0) is 18.6 Å². The van der Waals surface area contributed by atoms with E-state index in [0.29, 0.717) is 5.56 Å². The van der Waals surface area contributed by atoms with Crippen molar-refractivity contribution in [1.29, 1.82) is 5.26 Å². The molecule has 0 saturated carbocycles. The normalized spacial score (nSPS) is 9.23. The van der Waals surface area contributed by atoms with Crippen LogP contribution in [0.15, 0.2) is 18.3 Å². The molecular formula is C10H12N3. The van der Waals surface area contributed by atoms with Gasteiger partial charge in [0.25, 0.3) is 0 Å². The van der Waals surface area contributed by atoms with E-state index in [1.165, 1.54) is 0 Å². The summed E-state index contributed by atoms with van der Waals surface area (Å²) >= 11 is 0. The van der Waals surface area contributed by atoms with Crippen LogP contribution in [-0.2, 0) is 0 Å². The van der Waals surface area contributed by atoms with Gasteiger partial charge in [-0.25, -0.2) is 4.98 Å². The summed E-state index contributed by atoms with van der Waals surface area (Å²) in [6, 6.07) is 5.58. The first-order valence-electron chi connectivity index (χ1n) is 4.26. The van der Waals surface area contributed by atoms with Crippen LogP contribution in [-0.4, -0.2) is 11.5 Å². The first-order chi connectivity index (χ1) is 6.36. The van der Waals surface area contributed by atoms with E-state index in [9.17, 15) is 0 Å². The van der Waals surface area contributed by atoms with E-state index in [1.807, 2.05) is 12.1 Å². The maximum Gasteiger partial charge on any atom is 0.125 e. The monoisotopic (exact) mass is 174 g/mol. The number of rotatable bonds is 4. The molecule has 1 aromatic rings. The number of hydrogen-bond donors (Lipinski definition) is 1. The minimum Gasteiger partial charge on any atom is -0.370 e. The summed E-state index contributed by atoms with van der Waals surface area (Å²) in [7, 11) is 0. The zero-order chi connectivity index (χ0) is 9.52. The predicted molar refractivity (Wildman–Crippen MR) is 52.0 cm³/mol. The van der Waals surface area contributed by atoms with E-state index in [0.717, 1.165) is 25.2 Å². The summed E-state index contributed by atoms with van der Waals surface area (Å²) in [5.41, 5.74) is 0.586. The second-order valence-electron chi connectivity index (χ2n) is 2.68.